The minimum Gasteiger partial charge on any atom is -0.338 e. The van der Waals surface area contributed by atoms with Crippen LogP contribution in [0.1, 0.15) is 28.8 Å². The van der Waals surface area contributed by atoms with Crippen LogP contribution in [0.25, 0.3) is 0 Å². The molecule has 1 heterocycles. The van der Waals surface area contributed by atoms with Gasteiger partial charge < -0.3 is 10.2 Å². The van der Waals surface area contributed by atoms with Gasteiger partial charge >= 0.3 is 0 Å². The van der Waals surface area contributed by atoms with Crippen LogP contribution < -0.4 is 5.32 Å². The van der Waals surface area contributed by atoms with E-state index in [1.54, 1.807) is 42.2 Å². The zero-order valence-electron chi connectivity index (χ0n) is 14.5. The first-order chi connectivity index (χ1) is 12.4. The summed E-state index contributed by atoms with van der Waals surface area (Å²) in [6, 6.07) is 11.0. The van der Waals surface area contributed by atoms with Crippen molar-refractivity contribution in [1.29, 1.82) is 0 Å². The van der Waals surface area contributed by atoms with Crippen LogP contribution in [0, 0.1) is 18.7 Å². The third kappa shape index (κ3) is 4.22. The largest absolute Gasteiger partial charge is 0.338 e. The summed E-state index contributed by atoms with van der Waals surface area (Å²) >= 11 is 5.87. The van der Waals surface area contributed by atoms with Gasteiger partial charge in [0.2, 0.25) is 5.91 Å². The number of halogens is 2. The smallest absolute Gasteiger partial charge is 0.253 e. The Labute approximate surface area is 157 Å². The summed E-state index contributed by atoms with van der Waals surface area (Å²) in [4.78, 5) is 26.9. The second-order valence-electron chi connectivity index (χ2n) is 6.55. The molecule has 0 radical (unpaired) electrons. The summed E-state index contributed by atoms with van der Waals surface area (Å²) in [6.45, 7) is 2.74. The van der Waals surface area contributed by atoms with E-state index in [4.69, 9.17) is 11.6 Å². The predicted molar refractivity (Wildman–Crippen MR) is 99.8 cm³/mol. The van der Waals surface area contributed by atoms with Gasteiger partial charge in [-0.15, -0.1) is 0 Å². The van der Waals surface area contributed by atoms with Crippen LogP contribution in [-0.4, -0.2) is 29.8 Å². The molecule has 1 saturated heterocycles. The van der Waals surface area contributed by atoms with E-state index < -0.39 is 0 Å². The molecule has 2 aromatic rings. The summed E-state index contributed by atoms with van der Waals surface area (Å²) in [5, 5.41) is 3.43. The molecule has 3 rings (SSSR count). The van der Waals surface area contributed by atoms with Gasteiger partial charge in [-0.1, -0.05) is 11.6 Å². The molecule has 26 heavy (non-hydrogen) atoms. The second kappa shape index (κ2) is 7.87. The van der Waals surface area contributed by atoms with Gasteiger partial charge in [0.25, 0.3) is 5.91 Å². The standard InChI is InChI=1S/C20H20ClFN2O2/c1-13-11-17(22)8-9-18(13)23-19(25)15-3-2-10-24(12-15)20(26)14-4-6-16(21)7-5-14/h4-9,11,15H,2-3,10,12H2,1H3,(H,23,25)/t15-/m1/s1. The van der Waals surface area contributed by atoms with Gasteiger partial charge in [0.1, 0.15) is 5.82 Å². The molecular formula is C20H20ClFN2O2. The van der Waals surface area contributed by atoms with Gasteiger partial charge in [-0.3, -0.25) is 9.59 Å². The van der Waals surface area contributed by atoms with Crippen LogP contribution in [0.3, 0.4) is 0 Å². The number of carbonyl (C=O) groups excluding carboxylic acids is 2. The summed E-state index contributed by atoms with van der Waals surface area (Å²) in [6.07, 6.45) is 1.48. The van der Waals surface area contributed by atoms with Gasteiger partial charge in [-0.05, 0) is 67.8 Å². The number of nitrogens with zero attached hydrogens (tertiary/aromatic N) is 1. The van der Waals surface area contributed by atoms with Crippen molar-refractivity contribution in [3.8, 4) is 0 Å². The molecule has 0 unspecified atom stereocenters. The van der Waals surface area contributed by atoms with Crippen molar-refractivity contribution in [2.75, 3.05) is 18.4 Å². The van der Waals surface area contributed by atoms with Crippen molar-refractivity contribution in [3.05, 3.63) is 64.4 Å². The molecular weight excluding hydrogens is 355 g/mol. The summed E-state index contributed by atoms with van der Waals surface area (Å²) in [7, 11) is 0. The maximum Gasteiger partial charge on any atom is 0.253 e. The number of hydrogen-bond acceptors (Lipinski definition) is 2. The number of nitrogens with one attached hydrogen (secondary N) is 1. The number of likely N-dealkylation sites (tertiary alicyclic amines) is 1. The van der Waals surface area contributed by atoms with Gasteiger partial charge in [0.15, 0.2) is 0 Å². The molecule has 0 saturated carbocycles. The van der Waals surface area contributed by atoms with Crippen molar-refractivity contribution >= 4 is 29.1 Å². The number of rotatable bonds is 3. The van der Waals surface area contributed by atoms with Crippen molar-refractivity contribution in [1.82, 2.24) is 4.90 Å². The van der Waals surface area contributed by atoms with Crippen molar-refractivity contribution in [2.24, 2.45) is 5.92 Å². The lowest BCUT2D eigenvalue weighted by Crippen LogP contribution is -2.43. The third-order valence-corrected chi connectivity index (χ3v) is 4.87. The molecule has 1 fully saturated rings. The van der Waals surface area contributed by atoms with E-state index in [-0.39, 0.29) is 23.5 Å². The molecule has 0 aromatic heterocycles. The minimum absolute atomic E-state index is 0.0999. The first-order valence-electron chi connectivity index (χ1n) is 8.56. The Bertz CT molecular complexity index is 823. The number of benzene rings is 2. The fourth-order valence-electron chi connectivity index (χ4n) is 3.15. The van der Waals surface area contributed by atoms with Gasteiger partial charge in [0.05, 0.1) is 5.92 Å². The maximum absolute atomic E-state index is 13.2. The highest BCUT2D eigenvalue weighted by Gasteiger charge is 2.29. The molecule has 2 amide bonds. The highest BCUT2D eigenvalue weighted by Crippen LogP contribution is 2.22. The zero-order chi connectivity index (χ0) is 18.7. The van der Waals surface area contributed by atoms with E-state index in [1.165, 1.54) is 12.1 Å². The first-order valence-corrected chi connectivity index (χ1v) is 8.93. The van der Waals surface area contributed by atoms with E-state index in [0.29, 0.717) is 34.9 Å². The number of piperidine rings is 1. The molecule has 1 atom stereocenters. The molecule has 0 bridgehead atoms. The van der Waals surface area contributed by atoms with Gasteiger partial charge in [0, 0.05) is 29.4 Å². The van der Waals surface area contributed by atoms with E-state index >= 15 is 0 Å². The van der Waals surface area contributed by atoms with Crippen LogP contribution in [-0.2, 0) is 4.79 Å². The van der Waals surface area contributed by atoms with Gasteiger partial charge in [-0.2, -0.15) is 0 Å². The van der Waals surface area contributed by atoms with Crippen molar-refractivity contribution < 1.29 is 14.0 Å². The molecule has 0 spiro atoms. The van der Waals surface area contributed by atoms with Crippen molar-refractivity contribution in [3.63, 3.8) is 0 Å². The Morgan fingerprint density at radius 2 is 1.92 bits per heavy atom. The SMILES string of the molecule is Cc1cc(F)ccc1NC(=O)[C@@H]1CCCN(C(=O)c2ccc(Cl)cc2)C1. The average Bonchev–Trinajstić information content (AvgIpc) is 2.64. The average molecular weight is 375 g/mol. The molecule has 1 N–H and O–H groups in total. The number of aryl methyl sites for hydroxylation is 1. The minimum atomic E-state index is -0.335. The van der Waals surface area contributed by atoms with E-state index in [9.17, 15) is 14.0 Å². The Morgan fingerprint density at radius 1 is 1.19 bits per heavy atom. The van der Waals surface area contributed by atoms with Crippen LogP contribution >= 0.6 is 11.6 Å². The zero-order valence-corrected chi connectivity index (χ0v) is 15.2. The van der Waals surface area contributed by atoms with E-state index in [1.807, 2.05) is 0 Å². The Hall–Kier alpha value is -2.40. The number of carbonyl (C=O) groups is 2. The Kier molecular flexibility index (Phi) is 5.57. The van der Waals surface area contributed by atoms with Crippen LogP contribution in [0.2, 0.25) is 5.02 Å². The molecule has 2 aromatic carbocycles. The van der Waals surface area contributed by atoms with Crippen LogP contribution in [0.5, 0.6) is 0 Å². The lowest BCUT2D eigenvalue weighted by atomic mass is 9.96. The molecule has 4 nitrogen and oxygen atoms in total. The fraction of sp³-hybridized carbons (Fsp3) is 0.300. The lowest BCUT2D eigenvalue weighted by molar-refractivity contribution is -0.121. The normalized spacial score (nSPS) is 17.0. The summed E-state index contributed by atoms with van der Waals surface area (Å²) in [5.41, 5.74) is 1.82. The molecule has 0 aliphatic carbocycles. The molecule has 136 valence electrons. The quantitative estimate of drug-likeness (QED) is 0.871. The van der Waals surface area contributed by atoms with Crippen molar-refractivity contribution in [2.45, 2.75) is 19.8 Å². The predicted octanol–water partition coefficient (Wildman–Crippen LogP) is 4.28. The molecule has 6 heteroatoms. The Morgan fingerprint density at radius 3 is 2.62 bits per heavy atom. The second-order valence-corrected chi connectivity index (χ2v) is 6.98. The molecule has 1 aliphatic heterocycles. The van der Waals surface area contributed by atoms with E-state index in [2.05, 4.69) is 5.32 Å². The number of amides is 2. The van der Waals surface area contributed by atoms with Gasteiger partial charge in [-0.25, -0.2) is 4.39 Å². The number of hydrogen-bond donors (Lipinski definition) is 1. The highest BCUT2D eigenvalue weighted by molar-refractivity contribution is 6.30. The Balaban J connectivity index is 1.66. The highest BCUT2D eigenvalue weighted by atomic mass is 35.5. The maximum atomic E-state index is 13.2. The van der Waals surface area contributed by atoms with Crippen LogP contribution in [0.4, 0.5) is 10.1 Å². The summed E-state index contributed by atoms with van der Waals surface area (Å²) in [5.74, 6) is -0.868. The fourth-order valence-corrected chi connectivity index (χ4v) is 3.28. The van der Waals surface area contributed by atoms with E-state index in [0.717, 1.165) is 12.8 Å². The van der Waals surface area contributed by atoms with Crippen LogP contribution in [0.15, 0.2) is 42.5 Å². The topological polar surface area (TPSA) is 49.4 Å². The first kappa shape index (κ1) is 18.4. The monoisotopic (exact) mass is 374 g/mol. The third-order valence-electron chi connectivity index (χ3n) is 4.62. The lowest BCUT2D eigenvalue weighted by Gasteiger charge is -2.32. The summed E-state index contributed by atoms with van der Waals surface area (Å²) < 4.78 is 13.2. The number of anilines is 1. The molecule has 1 aliphatic rings.